The van der Waals surface area contributed by atoms with Crippen LogP contribution < -0.4 is 10.6 Å². The van der Waals surface area contributed by atoms with Gasteiger partial charge in [0.25, 0.3) is 0 Å². The predicted molar refractivity (Wildman–Crippen MR) is 146 cm³/mol. The highest BCUT2D eigenvalue weighted by atomic mass is 16.5. The molecule has 4 rings (SSSR count). The van der Waals surface area contributed by atoms with E-state index in [1.807, 2.05) is 6.92 Å². The van der Waals surface area contributed by atoms with Gasteiger partial charge in [0.1, 0.15) is 24.0 Å². The highest BCUT2D eigenvalue weighted by molar-refractivity contribution is 5.76. The lowest BCUT2D eigenvalue weighted by Crippen LogP contribution is -2.38. The first-order valence-corrected chi connectivity index (χ1v) is 13.3. The third-order valence-electron chi connectivity index (χ3n) is 6.77. The van der Waals surface area contributed by atoms with Crippen molar-refractivity contribution in [2.75, 3.05) is 43.9 Å². The number of unbranched alkanes of at least 4 members (excludes halogenated alkanes) is 1. The molecule has 0 fully saturated rings. The van der Waals surface area contributed by atoms with Crippen molar-refractivity contribution in [1.29, 1.82) is 0 Å². The third-order valence-corrected chi connectivity index (χ3v) is 6.77. The Balaban J connectivity index is 1.29. The number of ether oxygens (including phenoxy) is 1. The molecule has 3 N–H and O–H groups in total. The van der Waals surface area contributed by atoms with E-state index in [0.717, 1.165) is 63.3 Å². The minimum atomic E-state index is -0.920. The number of hydrogen-bond donors (Lipinski definition) is 3. The molecule has 1 aliphatic rings. The fraction of sp³-hybridized carbons (Fsp3) is 0.519. The van der Waals surface area contributed by atoms with Gasteiger partial charge in [-0.3, -0.25) is 0 Å². The molecule has 11 heteroatoms. The summed E-state index contributed by atoms with van der Waals surface area (Å²) in [6.45, 7) is 5.24. The summed E-state index contributed by atoms with van der Waals surface area (Å²) >= 11 is 0. The van der Waals surface area contributed by atoms with Crippen LogP contribution in [0.5, 0.6) is 0 Å². The van der Waals surface area contributed by atoms with Gasteiger partial charge in [0.2, 0.25) is 0 Å². The molecule has 0 radical (unpaired) electrons. The van der Waals surface area contributed by atoms with Crippen molar-refractivity contribution in [1.82, 2.24) is 29.6 Å². The molecule has 11 nitrogen and oxygen atoms in total. The number of hydrogen-bond acceptors (Lipinski definition) is 9. The van der Waals surface area contributed by atoms with Gasteiger partial charge in [-0.1, -0.05) is 6.07 Å². The van der Waals surface area contributed by atoms with Gasteiger partial charge in [-0.2, -0.15) is 5.10 Å². The van der Waals surface area contributed by atoms with Gasteiger partial charge < -0.3 is 25.4 Å². The van der Waals surface area contributed by atoms with E-state index in [1.54, 1.807) is 36.3 Å². The molecule has 0 spiro atoms. The zero-order chi connectivity index (χ0) is 26.7. The number of carbonyl (C=O) groups is 1. The first-order valence-electron chi connectivity index (χ1n) is 13.3. The molecule has 0 saturated carbocycles. The van der Waals surface area contributed by atoms with Crippen molar-refractivity contribution < 1.29 is 14.6 Å². The largest absolute Gasteiger partial charge is 0.480 e. The van der Waals surface area contributed by atoms with Gasteiger partial charge in [-0.15, -0.1) is 0 Å². The van der Waals surface area contributed by atoms with E-state index >= 15 is 0 Å². The van der Waals surface area contributed by atoms with Crippen LogP contribution in [0.1, 0.15) is 43.9 Å². The summed E-state index contributed by atoms with van der Waals surface area (Å²) < 4.78 is 7.10. The second-order valence-electron chi connectivity index (χ2n) is 9.68. The summed E-state index contributed by atoms with van der Waals surface area (Å²) in [6, 6.07) is 7.04. The van der Waals surface area contributed by atoms with E-state index in [-0.39, 0.29) is 6.10 Å². The van der Waals surface area contributed by atoms with E-state index in [1.165, 1.54) is 11.9 Å². The summed E-state index contributed by atoms with van der Waals surface area (Å²) in [6.07, 6.45) is 10.5. The predicted octanol–water partition coefficient (Wildman–Crippen LogP) is 3.03. The topological polar surface area (TPSA) is 130 Å². The fourth-order valence-electron chi connectivity index (χ4n) is 4.59. The molecule has 0 aliphatic carbocycles. The van der Waals surface area contributed by atoms with Crippen LogP contribution in [0.25, 0.3) is 5.82 Å². The number of aromatic nitrogens is 5. The molecule has 0 bridgehead atoms. The van der Waals surface area contributed by atoms with E-state index in [2.05, 4.69) is 42.7 Å². The number of carboxylic acid groups (broad SMARTS) is 1. The molecule has 0 aromatic carbocycles. The Labute approximate surface area is 223 Å². The lowest BCUT2D eigenvalue weighted by Gasteiger charge is -2.26. The number of nitrogens with one attached hydrogen (secondary N) is 2. The van der Waals surface area contributed by atoms with Crippen LogP contribution >= 0.6 is 0 Å². The monoisotopic (exact) mass is 522 g/mol. The quantitative estimate of drug-likeness (QED) is 0.256. The zero-order valence-electron chi connectivity index (χ0n) is 22.2. The molecule has 1 unspecified atom stereocenters. The van der Waals surface area contributed by atoms with Crippen molar-refractivity contribution in [3.05, 3.63) is 54.2 Å². The van der Waals surface area contributed by atoms with Gasteiger partial charge in [0.05, 0.1) is 6.10 Å². The molecule has 2 atom stereocenters. The number of nitrogens with zero attached hydrogens (tertiary/aromatic N) is 6. The Hall–Kier alpha value is -3.57. The molecule has 0 saturated heterocycles. The SMILES string of the molecule is CO[C@H](C)CN(CCCCc1ccc2c(n1)NCCC2)CCC(Nc1cc(-n2cccn2)ncn1)C(=O)O. The molecule has 3 aromatic rings. The van der Waals surface area contributed by atoms with Crippen molar-refractivity contribution in [2.24, 2.45) is 0 Å². The number of anilines is 2. The maximum atomic E-state index is 12.0. The van der Waals surface area contributed by atoms with Crippen LogP contribution in [0.3, 0.4) is 0 Å². The van der Waals surface area contributed by atoms with E-state index in [4.69, 9.17) is 9.72 Å². The van der Waals surface area contributed by atoms with Crippen molar-refractivity contribution in [3.63, 3.8) is 0 Å². The molecule has 1 aliphatic heterocycles. The molecule has 4 heterocycles. The second-order valence-corrected chi connectivity index (χ2v) is 9.68. The number of carboxylic acids is 1. The standard InChI is InChI=1S/C27H38N8O3/c1-20(38-2)18-34(14-4-3-8-22-10-9-21-7-5-12-28-26(21)32-22)16-11-23(27(36)37)33-24-17-25(30-19-29-24)35-15-6-13-31-35/h6,9-10,13,15,17,19-20,23H,3-5,7-8,11-12,14,16,18H2,1-2H3,(H,28,32)(H,36,37)(H,29,30,33)/t20-,23?/m1/s1. The van der Waals surface area contributed by atoms with Gasteiger partial charge in [-0.25, -0.2) is 24.4 Å². The molecule has 0 amide bonds. The van der Waals surface area contributed by atoms with E-state index in [9.17, 15) is 9.90 Å². The van der Waals surface area contributed by atoms with Crippen LogP contribution in [0.4, 0.5) is 11.6 Å². The molecule has 3 aromatic heterocycles. The minimum absolute atomic E-state index is 0.0538. The lowest BCUT2D eigenvalue weighted by atomic mass is 10.1. The maximum Gasteiger partial charge on any atom is 0.326 e. The van der Waals surface area contributed by atoms with Crippen molar-refractivity contribution in [2.45, 2.75) is 57.6 Å². The Morgan fingerprint density at radius 1 is 1.29 bits per heavy atom. The molecule has 38 heavy (non-hydrogen) atoms. The Bertz CT molecular complexity index is 1160. The summed E-state index contributed by atoms with van der Waals surface area (Å²) in [4.78, 5) is 27.5. The van der Waals surface area contributed by atoms with Crippen LogP contribution in [-0.4, -0.2) is 86.1 Å². The van der Waals surface area contributed by atoms with Gasteiger partial charge in [0, 0.05) is 50.9 Å². The minimum Gasteiger partial charge on any atom is -0.480 e. The lowest BCUT2D eigenvalue weighted by molar-refractivity contribution is -0.138. The summed E-state index contributed by atoms with van der Waals surface area (Å²) in [5.74, 6) is 1.13. The molecular weight excluding hydrogens is 484 g/mol. The molecular formula is C27H38N8O3. The Morgan fingerprint density at radius 3 is 2.97 bits per heavy atom. The van der Waals surface area contributed by atoms with Crippen LogP contribution in [0, 0.1) is 0 Å². The first kappa shape index (κ1) is 27.5. The fourth-order valence-corrected chi connectivity index (χ4v) is 4.59. The van der Waals surface area contributed by atoms with E-state index < -0.39 is 12.0 Å². The van der Waals surface area contributed by atoms with Gasteiger partial charge >= 0.3 is 5.97 Å². The van der Waals surface area contributed by atoms with Crippen LogP contribution in [0.2, 0.25) is 0 Å². The van der Waals surface area contributed by atoms with Crippen LogP contribution in [-0.2, 0) is 22.4 Å². The van der Waals surface area contributed by atoms with Crippen LogP contribution in [0.15, 0.2) is 43.0 Å². The first-order chi connectivity index (χ1) is 18.5. The normalized spacial score (nSPS) is 14.5. The molecule has 204 valence electrons. The summed E-state index contributed by atoms with van der Waals surface area (Å²) in [5.41, 5.74) is 2.42. The second kappa shape index (κ2) is 13.8. The van der Waals surface area contributed by atoms with Crippen molar-refractivity contribution >= 4 is 17.6 Å². The van der Waals surface area contributed by atoms with Crippen molar-refractivity contribution in [3.8, 4) is 5.82 Å². The number of aryl methyl sites for hydroxylation is 2. The van der Waals surface area contributed by atoms with Gasteiger partial charge in [-0.05, 0) is 69.7 Å². The number of aliphatic carboxylic acids is 1. The van der Waals surface area contributed by atoms with E-state index in [0.29, 0.717) is 24.6 Å². The highest BCUT2D eigenvalue weighted by Gasteiger charge is 2.20. The number of rotatable bonds is 15. The Kier molecular flexibility index (Phi) is 9.99. The number of methoxy groups -OCH3 is 1. The number of fused-ring (bicyclic) bond motifs is 1. The zero-order valence-corrected chi connectivity index (χ0v) is 22.2. The maximum absolute atomic E-state index is 12.0. The summed E-state index contributed by atoms with van der Waals surface area (Å²) in [5, 5.41) is 20.5. The average molecular weight is 523 g/mol. The Morgan fingerprint density at radius 2 is 2.18 bits per heavy atom. The highest BCUT2D eigenvalue weighted by Crippen LogP contribution is 2.20. The summed E-state index contributed by atoms with van der Waals surface area (Å²) in [7, 11) is 1.70. The smallest absolute Gasteiger partial charge is 0.326 e. The number of pyridine rings is 1. The van der Waals surface area contributed by atoms with Gasteiger partial charge in [0.15, 0.2) is 5.82 Å². The average Bonchev–Trinajstić information content (AvgIpc) is 3.48. The third kappa shape index (κ3) is 7.96.